The van der Waals surface area contributed by atoms with Gasteiger partial charge in [0.1, 0.15) is 11.6 Å². The molecule has 3 saturated heterocycles. The third-order valence-corrected chi connectivity index (χ3v) is 7.24. The lowest BCUT2D eigenvalue weighted by Crippen LogP contribution is -2.71. The molecule has 2 aromatic rings. The number of hydrogen-bond donors (Lipinski definition) is 3. The fourth-order valence-corrected chi connectivity index (χ4v) is 5.79. The monoisotopic (exact) mass is 445 g/mol. The highest BCUT2D eigenvalue weighted by Crippen LogP contribution is 2.41. The van der Waals surface area contributed by atoms with Crippen molar-refractivity contribution < 1.29 is 13.6 Å². The molecule has 0 bridgehead atoms. The smallest absolute Gasteiger partial charge is 0.238 e. The number of carbonyl (C=O) groups excluding carboxylic acids is 1. The molecule has 164 valence electrons. The summed E-state index contributed by atoms with van der Waals surface area (Å²) in [5.41, 5.74) is 0.716. The number of halogens is 2. The number of nitrogens with one attached hydrogen (secondary N) is 3. The fourth-order valence-electron chi connectivity index (χ4n) is 4.99. The second-order valence-corrected chi connectivity index (χ2v) is 9.49. The van der Waals surface area contributed by atoms with E-state index in [0.29, 0.717) is 25.2 Å². The van der Waals surface area contributed by atoms with E-state index in [0.717, 1.165) is 11.6 Å². The molecule has 0 aliphatic carbocycles. The molecule has 3 aliphatic rings. The van der Waals surface area contributed by atoms with Crippen molar-refractivity contribution >= 4 is 17.9 Å². The third kappa shape index (κ3) is 3.64. The number of piperazine rings is 1. The molecule has 3 heterocycles. The van der Waals surface area contributed by atoms with Crippen LogP contribution >= 0.6 is 11.9 Å². The molecule has 3 fully saturated rings. The van der Waals surface area contributed by atoms with Gasteiger partial charge in [-0.2, -0.15) is 0 Å². The number of nitrogens with zero attached hydrogens (tertiary/aromatic N) is 2. The number of amides is 1. The van der Waals surface area contributed by atoms with Gasteiger partial charge in [0.05, 0.1) is 29.8 Å². The predicted molar refractivity (Wildman–Crippen MR) is 116 cm³/mol. The summed E-state index contributed by atoms with van der Waals surface area (Å²) in [6, 6.07) is 13.5. The number of carbonyl (C=O) groups is 1. The molecule has 2 aromatic carbocycles. The molecular formula is C22H25F2N5OS. The minimum atomic E-state index is -0.843. The summed E-state index contributed by atoms with van der Waals surface area (Å²) >= 11 is 1.54. The van der Waals surface area contributed by atoms with Crippen LogP contribution in [0, 0.1) is 11.6 Å². The number of hydrogen-bond acceptors (Lipinski definition) is 6. The van der Waals surface area contributed by atoms with Crippen LogP contribution in [0.15, 0.2) is 48.5 Å². The van der Waals surface area contributed by atoms with Crippen molar-refractivity contribution in [1.29, 1.82) is 0 Å². The first-order valence-corrected chi connectivity index (χ1v) is 11.3. The second-order valence-electron chi connectivity index (χ2n) is 8.31. The Morgan fingerprint density at radius 3 is 2.58 bits per heavy atom. The summed E-state index contributed by atoms with van der Waals surface area (Å²) in [4.78, 5) is 17.1. The first-order chi connectivity index (χ1) is 15.0. The molecule has 3 unspecified atom stereocenters. The Morgan fingerprint density at radius 1 is 1.16 bits per heavy atom. The number of rotatable bonds is 4. The van der Waals surface area contributed by atoms with Crippen LogP contribution < -0.4 is 15.4 Å². The van der Waals surface area contributed by atoms with Gasteiger partial charge in [0, 0.05) is 25.7 Å². The Labute approximate surface area is 184 Å². The van der Waals surface area contributed by atoms with Gasteiger partial charge in [-0.3, -0.25) is 15.0 Å². The van der Waals surface area contributed by atoms with Gasteiger partial charge in [0.15, 0.2) is 0 Å². The van der Waals surface area contributed by atoms with Gasteiger partial charge < -0.3 is 10.2 Å². The normalized spacial score (nSPS) is 31.3. The summed E-state index contributed by atoms with van der Waals surface area (Å²) in [5.74, 6) is -1.23. The summed E-state index contributed by atoms with van der Waals surface area (Å²) in [5, 5.41) is 7.06. The Bertz CT molecular complexity index is 959. The Hall–Kier alpha value is -2.04. The lowest BCUT2D eigenvalue weighted by Gasteiger charge is -2.52. The largest absolute Gasteiger partial charge is 0.320 e. The second kappa shape index (κ2) is 8.14. The van der Waals surface area contributed by atoms with Crippen molar-refractivity contribution in [2.45, 2.75) is 36.7 Å². The topological polar surface area (TPSA) is 59.6 Å². The number of fused-ring (bicyclic) bond motifs is 1. The van der Waals surface area contributed by atoms with Crippen LogP contribution in [0.5, 0.6) is 0 Å². The highest BCUT2D eigenvalue weighted by atomic mass is 32.2. The standard InChI is InChI=1S/C22H25F2N5OS/c1-14-26-21(27-31-14)22(16-7-17(23)9-18(24)8-16)13-25-10-19-28(20(30)12-29(19)22)11-15-5-3-2-4-6-15/h2-9,14,19,21,25-27H,10-13H2,1H3/t14?,19?,21?,22-/m1/s1. The van der Waals surface area contributed by atoms with Crippen molar-refractivity contribution in [2.75, 3.05) is 19.6 Å². The molecule has 1 amide bonds. The molecule has 31 heavy (non-hydrogen) atoms. The molecule has 9 heteroatoms. The van der Waals surface area contributed by atoms with E-state index in [2.05, 4.69) is 20.3 Å². The van der Waals surface area contributed by atoms with Crippen molar-refractivity contribution in [2.24, 2.45) is 0 Å². The maximum atomic E-state index is 14.3. The van der Waals surface area contributed by atoms with E-state index in [9.17, 15) is 13.6 Å². The molecule has 0 aromatic heterocycles. The van der Waals surface area contributed by atoms with E-state index in [-0.39, 0.29) is 30.2 Å². The summed E-state index contributed by atoms with van der Waals surface area (Å²) in [6.07, 6.45) is -0.522. The molecule has 0 saturated carbocycles. The SMILES string of the molecule is CC1NC([C@]2(c3cc(F)cc(F)c3)CNCC3N(Cc4ccccc4)C(=O)CN32)NS1. The maximum Gasteiger partial charge on any atom is 0.238 e. The summed E-state index contributed by atoms with van der Waals surface area (Å²) < 4.78 is 32.0. The Balaban J connectivity index is 1.56. The van der Waals surface area contributed by atoms with Crippen LogP contribution in [-0.4, -0.2) is 53.0 Å². The average Bonchev–Trinajstić information content (AvgIpc) is 3.32. The van der Waals surface area contributed by atoms with E-state index in [1.54, 1.807) is 0 Å². The van der Waals surface area contributed by atoms with Gasteiger partial charge in [0.2, 0.25) is 5.91 Å². The molecule has 0 spiro atoms. The van der Waals surface area contributed by atoms with E-state index in [4.69, 9.17) is 0 Å². The van der Waals surface area contributed by atoms with Crippen molar-refractivity contribution in [3.8, 4) is 0 Å². The minimum Gasteiger partial charge on any atom is -0.320 e. The Kier molecular flexibility index (Phi) is 5.47. The van der Waals surface area contributed by atoms with Crippen LogP contribution in [0.4, 0.5) is 8.78 Å². The quantitative estimate of drug-likeness (QED) is 0.626. The van der Waals surface area contributed by atoms with Crippen LogP contribution in [-0.2, 0) is 16.9 Å². The number of benzene rings is 2. The molecular weight excluding hydrogens is 420 g/mol. The van der Waals surface area contributed by atoms with Crippen molar-refractivity contribution in [1.82, 2.24) is 25.2 Å². The van der Waals surface area contributed by atoms with Crippen LogP contribution in [0.3, 0.4) is 0 Å². The lowest BCUT2D eigenvalue weighted by molar-refractivity contribution is -0.128. The highest BCUT2D eigenvalue weighted by molar-refractivity contribution is 7.98. The predicted octanol–water partition coefficient (Wildman–Crippen LogP) is 1.95. The molecule has 5 rings (SSSR count). The van der Waals surface area contributed by atoms with Gasteiger partial charge in [0.25, 0.3) is 0 Å². The van der Waals surface area contributed by atoms with E-state index in [1.165, 1.54) is 24.1 Å². The van der Waals surface area contributed by atoms with E-state index in [1.807, 2.05) is 42.2 Å². The molecule has 6 nitrogen and oxygen atoms in total. The van der Waals surface area contributed by atoms with Crippen LogP contribution in [0.2, 0.25) is 0 Å². The maximum absolute atomic E-state index is 14.3. The minimum absolute atomic E-state index is 0.0116. The summed E-state index contributed by atoms with van der Waals surface area (Å²) in [6.45, 7) is 3.76. The van der Waals surface area contributed by atoms with E-state index < -0.39 is 17.2 Å². The lowest BCUT2D eigenvalue weighted by atomic mass is 9.82. The molecule has 0 radical (unpaired) electrons. The average molecular weight is 446 g/mol. The zero-order chi connectivity index (χ0) is 21.6. The molecule has 4 atom stereocenters. The van der Waals surface area contributed by atoms with Crippen molar-refractivity contribution in [3.05, 3.63) is 71.3 Å². The van der Waals surface area contributed by atoms with Crippen LogP contribution in [0.1, 0.15) is 18.1 Å². The fraction of sp³-hybridized carbons (Fsp3) is 0.409. The first-order valence-electron chi connectivity index (χ1n) is 10.4. The van der Waals surface area contributed by atoms with E-state index >= 15 is 0 Å². The zero-order valence-corrected chi connectivity index (χ0v) is 18.0. The van der Waals surface area contributed by atoms with Gasteiger partial charge in [-0.15, -0.1) is 0 Å². The zero-order valence-electron chi connectivity index (χ0n) is 17.1. The summed E-state index contributed by atoms with van der Waals surface area (Å²) in [7, 11) is 0. The van der Waals surface area contributed by atoms with Gasteiger partial charge in [-0.1, -0.05) is 42.3 Å². The van der Waals surface area contributed by atoms with Crippen LogP contribution in [0.25, 0.3) is 0 Å². The highest BCUT2D eigenvalue weighted by Gasteiger charge is 2.57. The third-order valence-electron chi connectivity index (χ3n) is 6.38. The molecule has 3 aliphatic heterocycles. The van der Waals surface area contributed by atoms with Crippen molar-refractivity contribution in [3.63, 3.8) is 0 Å². The molecule has 3 N–H and O–H groups in total. The van der Waals surface area contributed by atoms with Gasteiger partial charge in [-0.25, -0.2) is 13.5 Å². The van der Waals surface area contributed by atoms with Gasteiger partial charge in [-0.05, 0) is 30.2 Å². The first kappa shape index (κ1) is 20.8. The Morgan fingerprint density at radius 2 is 1.90 bits per heavy atom. The van der Waals surface area contributed by atoms with Gasteiger partial charge >= 0.3 is 0 Å².